The number of ether oxygens (including phenoxy) is 1. The lowest BCUT2D eigenvalue weighted by Gasteiger charge is -2.25. The molecule has 1 aromatic carbocycles. The molecule has 2 aromatic rings. The lowest BCUT2D eigenvalue weighted by atomic mass is 9.95. The molecule has 0 radical (unpaired) electrons. The van der Waals surface area contributed by atoms with E-state index in [0.29, 0.717) is 31.8 Å². The summed E-state index contributed by atoms with van der Waals surface area (Å²) < 4.78 is 21.0. The minimum absolute atomic E-state index is 0.0484. The molecule has 0 saturated carbocycles. The van der Waals surface area contributed by atoms with Crippen LogP contribution in [0.4, 0.5) is 4.39 Å². The number of amides is 1. The van der Waals surface area contributed by atoms with Crippen LogP contribution in [0.2, 0.25) is 10.0 Å². The van der Waals surface area contributed by atoms with Crippen molar-refractivity contribution in [2.24, 2.45) is 5.92 Å². The van der Waals surface area contributed by atoms with Gasteiger partial charge in [0.25, 0.3) is 5.56 Å². The van der Waals surface area contributed by atoms with Crippen LogP contribution in [0, 0.1) is 11.7 Å². The number of aromatic nitrogens is 1. The van der Waals surface area contributed by atoms with Crippen molar-refractivity contribution in [3.05, 3.63) is 68.3 Å². The van der Waals surface area contributed by atoms with Crippen LogP contribution in [-0.4, -0.2) is 36.7 Å². The lowest BCUT2D eigenvalue weighted by Crippen LogP contribution is -2.39. The van der Waals surface area contributed by atoms with E-state index in [-0.39, 0.29) is 28.4 Å². The quantitative estimate of drug-likeness (QED) is 0.768. The molecular weight excluding hydrogens is 408 g/mol. The highest BCUT2D eigenvalue weighted by Crippen LogP contribution is 2.29. The second kappa shape index (κ2) is 9.52. The van der Waals surface area contributed by atoms with Crippen LogP contribution in [0.3, 0.4) is 0 Å². The largest absolute Gasteiger partial charge is 0.372 e. The fourth-order valence-corrected chi connectivity index (χ4v) is 3.41. The van der Waals surface area contributed by atoms with Crippen molar-refractivity contribution >= 4 is 29.1 Å². The number of carbonyl (C=O) groups excluding carboxylic acids is 1. The Kier molecular flexibility index (Phi) is 7.07. The Labute approximate surface area is 171 Å². The second-order valence-corrected chi connectivity index (χ2v) is 7.34. The summed E-state index contributed by atoms with van der Waals surface area (Å²) in [7, 11) is 0. The van der Waals surface area contributed by atoms with Gasteiger partial charge in [-0.25, -0.2) is 4.39 Å². The Morgan fingerprint density at radius 2 is 2.14 bits per heavy atom. The summed E-state index contributed by atoms with van der Waals surface area (Å²) in [5.74, 6) is -0.958. The molecule has 28 heavy (non-hydrogen) atoms. The zero-order valence-corrected chi connectivity index (χ0v) is 16.5. The number of rotatable bonds is 5. The number of hydrogen-bond acceptors (Lipinski definition) is 4. The second-order valence-electron chi connectivity index (χ2n) is 6.52. The van der Waals surface area contributed by atoms with Gasteiger partial charge in [-0.1, -0.05) is 29.3 Å². The van der Waals surface area contributed by atoms with Gasteiger partial charge in [-0.05, 0) is 29.8 Å². The molecule has 6 nitrogen and oxygen atoms in total. The summed E-state index contributed by atoms with van der Waals surface area (Å²) in [5.41, 5.74) is 0.240. The Morgan fingerprint density at radius 1 is 1.32 bits per heavy atom. The first-order valence-electron chi connectivity index (χ1n) is 8.84. The molecule has 1 aliphatic rings. The number of halogens is 3. The molecule has 9 heteroatoms. The third-order valence-electron chi connectivity index (χ3n) is 4.53. The van der Waals surface area contributed by atoms with E-state index < -0.39 is 17.5 Å². The van der Waals surface area contributed by atoms with Crippen molar-refractivity contribution < 1.29 is 13.9 Å². The standard InChI is InChI=1S/C19H20Cl2FN3O3/c20-14-4-3-12(8-16(14)22)18-13(9-23-5-7-28-18)10-24-17(26)11-25-6-1-2-15(21)19(25)27/h1-4,6,8,13,18,23H,5,7,9-11H2,(H,24,26)/t13-,18-/m0/s1. The summed E-state index contributed by atoms with van der Waals surface area (Å²) in [4.78, 5) is 24.2. The number of pyridine rings is 1. The highest BCUT2D eigenvalue weighted by atomic mass is 35.5. The van der Waals surface area contributed by atoms with Crippen LogP contribution < -0.4 is 16.2 Å². The normalized spacial score (nSPS) is 19.8. The molecule has 0 unspecified atom stereocenters. The number of nitrogens with zero attached hydrogens (tertiary/aromatic N) is 1. The van der Waals surface area contributed by atoms with Crippen LogP contribution in [0.1, 0.15) is 11.7 Å². The Bertz CT molecular complexity index is 906. The van der Waals surface area contributed by atoms with Crippen LogP contribution in [0.25, 0.3) is 0 Å². The van der Waals surface area contributed by atoms with Crippen LogP contribution >= 0.6 is 23.2 Å². The van der Waals surface area contributed by atoms with E-state index in [1.165, 1.54) is 29.0 Å². The molecular formula is C19H20Cl2FN3O3. The van der Waals surface area contributed by atoms with Gasteiger partial charge >= 0.3 is 0 Å². The average Bonchev–Trinajstić information content (AvgIpc) is 2.91. The van der Waals surface area contributed by atoms with Crippen LogP contribution in [-0.2, 0) is 16.1 Å². The molecule has 1 amide bonds. The lowest BCUT2D eigenvalue weighted by molar-refractivity contribution is -0.122. The van der Waals surface area contributed by atoms with Crippen molar-refractivity contribution in [2.75, 3.05) is 26.2 Å². The maximum absolute atomic E-state index is 13.9. The molecule has 1 fully saturated rings. The Hall–Kier alpha value is -1.93. The van der Waals surface area contributed by atoms with Crippen LogP contribution in [0.5, 0.6) is 0 Å². The predicted molar refractivity (Wildman–Crippen MR) is 105 cm³/mol. The zero-order valence-electron chi connectivity index (χ0n) is 15.0. The van der Waals surface area contributed by atoms with Gasteiger partial charge in [0.1, 0.15) is 17.4 Å². The number of nitrogens with one attached hydrogen (secondary N) is 2. The van der Waals surface area contributed by atoms with Gasteiger partial charge in [0, 0.05) is 31.7 Å². The summed E-state index contributed by atoms with van der Waals surface area (Å²) in [6.07, 6.45) is 1.11. The Morgan fingerprint density at radius 3 is 2.93 bits per heavy atom. The monoisotopic (exact) mass is 427 g/mol. The molecule has 3 rings (SSSR count). The smallest absolute Gasteiger partial charge is 0.269 e. The van der Waals surface area contributed by atoms with Gasteiger partial charge in [0.05, 0.1) is 17.7 Å². The molecule has 2 heterocycles. The van der Waals surface area contributed by atoms with E-state index in [1.807, 2.05) is 0 Å². The highest BCUT2D eigenvalue weighted by molar-refractivity contribution is 6.30. The van der Waals surface area contributed by atoms with E-state index in [0.717, 1.165) is 0 Å². The first-order chi connectivity index (χ1) is 13.5. The van der Waals surface area contributed by atoms with Gasteiger partial charge in [0.15, 0.2) is 0 Å². The number of hydrogen-bond donors (Lipinski definition) is 2. The van der Waals surface area contributed by atoms with Gasteiger partial charge in [-0.2, -0.15) is 0 Å². The van der Waals surface area contributed by atoms with E-state index in [1.54, 1.807) is 12.1 Å². The topological polar surface area (TPSA) is 72.4 Å². The van der Waals surface area contributed by atoms with Crippen molar-refractivity contribution in [2.45, 2.75) is 12.6 Å². The van der Waals surface area contributed by atoms with Gasteiger partial charge in [-0.3, -0.25) is 9.59 Å². The van der Waals surface area contributed by atoms with Crippen molar-refractivity contribution in [3.8, 4) is 0 Å². The third kappa shape index (κ3) is 5.11. The average molecular weight is 428 g/mol. The van der Waals surface area contributed by atoms with Gasteiger partial charge < -0.3 is 19.9 Å². The summed E-state index contributed by atoms with van der Waals surface area (Å²) in [6.45, 7) is 1.88. The molecule has 0 bridgehead atoms. The van der Waals surface area contributed by atoms with Crippen LogP contribution in [0.15, 0.2) is 41.3 Å². The third-order valence-corrected chi connectivity index (χ3v) is 5.13. The highest BCUT2D eigenvalue weighted by Gasteiger charge is 2.27. The first-order valence-corrected chi connectivity index (χ1v) is 9.60. The molecule has 0 spiro atoms. The summed E-state index contributed by atoms with van der Waals surface area (Å²) in [5, 5.41) is 6.17. The van der Waals surface area contributed by atoms with Gasteiger partial charge in [0.2, 0.25) is 5.91 Å². The molecule has 1 saturated heterocycles. The SMILES string of the molecule is O=C(Cn1cccc(Cl)c1=O)NC[C@@H]1CNCCO[C@H]1c1ccc(Cl)c(F)c1. The molecule has 1 aromatic heterocycles. The van der Waals surface area contributed by atoms with Crippen molar-refractivity contribution in [1.29, 1.82) is 0 Å². The maximum Gasteiger partial charge on any atom is 0.269 e. The van der Waals surface area contributed by atoms with E-state index in [2.05, 4.69) is 10.6 Å². The minimum Gasteiger partial charge on any atom is -0.372 e. The minimum atomic E-state index is -0.511. The van der Waals surface area contributed by atoms with E-state index >= 15 is 0 Å². The Balaban J connectivity index is 1.67. The zero-order chi connectivity index (χ0) is 20.1. The fraction of sp³-hybridized carbons (Fsp3) is 0.368. The number of benzene rings is 1. The van der Waals surface area contributed by atoms with Gasteiger partial charge in [-0.15, -0.1) is 0 Å². The molecule has 0 aliphatic carbocycles. The first kappa shape index (κ1) is 20.8. The molecule has 1 aliphatic heterocycles. The van der Waals surface area contributed by atoms with E-state index in [4.69, 9.17) is 27.9 Å². The van der Waals surface area contributed by atoms with Crippen molar-refractivity contribution in [1.82, 2.24) is 15.2 Å². The molecule has 150 valence electrons. The fourth-order valence-electron chi connectivity index (χ4n) is 3.11. The van der Waals surface area contributed by atoms with E-state index in [9.17, 15) is 14.0 Å². The summed E-state index contributed by atoms with van der Waals surface area (Å²) >= 11 is 11.6. The molecule has 2 N–H and O–H groups in total. The maximum atomic E-state index is 13.9. The predicted octanol–water partition coefficient (Wildman–Crippen LogP) is 2.39. The van der Waals surface area contributed by atoms with Crippen molar-refractivity contribution in [3.63, 3.8) is 0 Å². The number of carbonyl (C=O) groups is 1. The molecule has 2 atom stereocenters. The summed E-state index contributed by atoms with van der Waals surface area (Å²) in [6, 6.07) is 7.66.